The minimum Gasteiger partial charge on any atom is -0.493 e. The van der Waals surface area contributed by atoms with Gasteiger partial charge in [-0.3, -0.25) is 29.5 Å². The summed E-state index contributed by atoms with van der Waals surface area (Å²) < 4.78 is 49.1. The molecule has 344 valence electrons. The van der Waals surface area contributed by atoms with Crippen LogP contribution in [0.25, 0.3) is 0 Å². The van der Waals surface area contributed by atoms with E-state index in [9.17, 15) is 19.6 Å². The van der Waals surface area contributed by atoms with Gasteiger partial charge in [-0.1, -0.05) is 19.9 Å². The maximum atomic E-state index is 15.1. The zero-order valence-corrected chi connectivity index (χ0v) is 38.7. The van der Waals surface area contributed by atoms with E-state index in [0.717, 1.165) is 22.3 Å². The summed E-state index contributed by atoms with van der Waals surface area (Å²) in [5.41, 5.74) is 4.32. The molecule has 2 unspecified atom stereocenters. The van der Waals surface area contributed by atoms with Gasteiger partial charge in [0.25, 0.3) is 0 Å². The number of carbonyl (C=O) groups is 4. The Hall–Kier alpha value is -5.54. The number of carbonyl (C=O) groups excluding carboxylic acids is 4. The number of esters is 4. The van der Waals surface area contributed by atoms with E-state index in [-0.39, 0.29) is 49.5 Å². The number of hydrogen-bond acceptors (Lipinski definition) is 17. The van der Waals surface area contributed by atoms with Gasteiger partial charge in [-0.25, -0.2) is 4.79 Å². The van der Waals surface area contributed by atoms with Crippen LogP contribution in [0, 0.1) is 25.2 Å². The Bertz CT molecular complexity index is 2540. The minimum absolute atomic E-state index is 0.0874. The number of benzene rings is 3. The average molecular weight is 911 g/mol. The Morgan fingerprint density at radius 1 is 0.908 bits per heavy atom. The summed E-state index contributed by atoms with van der Waals surface area (Å²) in [5.74, 6) is 0.731. The minimum atomic E-state index is -1.43. The zero-order valence-electron chi connectivity index (χ0n) is 37.9. The van der Waals surface area contributed by atoms with Crippen LogP contribution in [0.3, 0.4) is 0 Å². The van der Waals surface area contributed by atoms with Gasteiger partial charge in [-0.15, -0.1) is 11.8 Å². The van der Waals surface area contributed by atoms with Crippen molar-refractivity contribution in [3.8, 4) is 46.3 Å². The SMILES string of the molecule is CCCC(=O)Oc1cc2c(cc1OC)[C@@]1(CS[C@@H]3c4c(OC(C)=O)c(C)c5c(c4[C@H](COC1=O)N1C3C3c4c(cc(C)c(OC)c4OC(=O)CCC)C[C@@H]([C@@H]1C#N)N3C)OCO5)NCC2. The van der Waals surface area contributed by atoms with Gasteiger partial charge in [-0.2, -0.15) is 5.26 Å². The third-order valence-electron chi connectivity index (χ3n) is 13.7. The third kappa shape index (κ3) is 7.06. The van der Waals surface area contributed by atoms with Crippen LogP contribution in [0.5, 0.6) is 40.2 Å². The molecular formula is C48H54N4O12S. The van der Waals surface area contributed by atoms with E-state index in [1.165, 1.54) is 25.8 Å². The molecule has 1 N–H and O–H groups in total. The Labute approximate surface area is 382 Å². The summed E-state index contributed by atoms with van der Waals surface area (Å²) in [5, 5.41) is 14.3. The van der Waals surface area contributed by atoms with E-state index in [4.69, 9.17) is 37.9 Å². The van der Waals surface area contributed by atoms with Gasteiger partial charge >= 0.3 is 23.9 Å². The van der Waals surface area contributed by atoms with Crippen LogP contribution in [-0.4, -0.2) is 98.8 Å². The number of nitrogens with one attached hydrogen (secondary N) is 1. The number of likely N-dealkylation sites (N-methyl/N-ethyl adjacent to an activating group) is 1. The molecule has 17 heteroatoms. The molecular weight excluding hydrogens is 857 g/mol. The molecule has 3 aromatic rings. The van der Waals surface area contributed by atoms with Gasteiger partial charge in [0.05, 0.1) is 37.6 Å². The molecule has 4 bridgehead atoms. The highest BCUT2D eigenvalue weighted by Gasteiger charge is 2.62. The van der Waals surface area contributed by atoms with E-state index >= 15 is 4.79 Å². The molecule has 7 aliphatic rings. The molecule has 0 saturated carbocycles. The van der Waals surface area contributed by atoms with Crippen molar-refractivity contribution >= 4 is 35.6 Å². The number of ether oxygens (including phenoxy) is 8. The first-order chi connectivity index (χ1) is 31.3. The second kappa shape index (κ2) is 17.4. The van der Waals surface area contributed by atoms with Gasteiger partial charge in [0, 0.05) is 66.4 Å². The summed E-state index contributed by atoms with van der Waals surface area (Å²) in [6.45, 7) is 9.01. The largest absolute Gasteiger partial charge is 0.493 e. The number of thioether (sulfide) groups is 1. The molecule has 2 saturated heterocycles. The van der Waals surface area contributed by atoms with Crippen LogP contribution < -0.4 is 38.5 Å². The molecule has 1 spiro atoms. The van der Waals surface area contributed by atoms with E-state index in [2.05, 4.69) is 27.3 Å². The fourth-order valence-electron chi connectivity index (χ4n) is 11.1. The van der Waals surface area contributed by atoms with Gasteiger partial charge in [0.2, 0.25) is 6.79 Å². The Kier molecular flexibility index (Phi) is 11.9. The predicted octanol–water partition coefficient (Wildman–Crippen LogP) is 5.99. The van der Waals surface area contributed by atoms with Crippen molar-refractivity contribution in [1.82, 2.24) is 15.1 Å². The maximum Gasteiger partial charge on any atom is 0.331 e. The molecule has 0 aliphatic carbocycles. The molecule has 7 aliphatic heterocycles. The fourth-order valence-corrected chi connectivity index (χ4v) is 12.8. The Balaban J connectivity index is 1.30. The molecule has 10 rings (SSSR count). The van der Waals surface area contributed by atoms with E-state index in [1.807, 2.05) is 34.7 Å². The monoisotopic (exact) mass is 910 g/mol. The van der Waals surface area contributed by atoms with E-state index in [1.54, 1.807) is 19.2 Å². The van der Waals surface area contributed by atoms with Crippen molar-refractivity contribution in [2.45, 2.75) is 114 Å². The second-order valence-corrected chi connectivity index (χ2v) is 18.6. The number of methoxy groups -OCH3 is 2. The van der Waals surface area contributed by atoms with Crippen LogP contribution in [0.15, 0.2) is 18.2 Å². The average Bonchev–Trinajstić information content (AvgIpc) is 3.77. The van der Waals surface area contributed by atoms with Crippen LogP contribution in [0.2, 0.25) is 0 Å². The molecule has 0 aromatic heterocycles. The van der Waals surface area contributed by atoms with Crippen molar-refractivity contribution in [3.05, 3.63) is 62.7 Å². The Morgan fingerprint density at radius 2 is 1.65 bits per heavy atom. The summed E-state index contributed by atoms with van der Waals surface area (Å²) in [6, 6.07) is 5.24. The lowest BCUT2D eigenvalue weighted by molar-refractivity contribution is -0.157. The predicted molar refractivity (Wildman–Crippen MR) is 236 cm³/mol. The lowest BCUT2D eigenvalue weighted by Crippen LogP contribution is -2.69. The zero-order chi connectivity index (χ0) is 46.1. The van der Waals surface area contributed by atoms with E-state index < -0.39 is 58.8 Å². The van der Waals surface area contributed by atoms with Gasteiger partial charge in [-0.05, 0) is 81.0 Å². The standard InChI is InChI=1S/C48H54N4O12S/c1-9-11-34(54)63-33-17-26-13-14-50-48(28(26)18-32(33)57-7)21-65-46-38-37(44-43(60-22-61-44)24(4)42(38)62-25(5)53)31(20-59-47(48)56)52-30(19-49)29-16-27-15-23(3)41(58-8)45(64-35(55)12-10-2)36(27)39(40(46)52)51(29)6/h15,17-18,29-31,39-40,46,50H,9-14,16,20-22H2,1-8H3/t29-,30-,31-,39?,40?,46+,48+/m0/s1. The normalized spacial score (nSPS) is 26.1. The second-order valence-electron chi connectivity index (χ2n) is 17.5. The number of nitrogens with zero attached hydrogens (tertiary/aromatic N) is 3. The summed E-state index contributed by atoms with van der Waals surface area (Å²) in [6.07, 6.45) is 2.61. The summed E-state index contributed by atoms with van der Waals surface area (Å²) in [4.78, 5) is 58.9. The van der Waals surface area contributed by atoms with E-state index in [0.29, 0.717) is 83.2 Å². The van der Waals surface area contributed by atoms with Crippen LogP contribution in [0.4, 0.5) is 0 Å². The van der Waals surface area contributed by atoms with Crippen molar-refractivity contribution < 1.29 is 57.1 Å². The fraction of sp³-hybridized carbons (Fsp3) is 0.521. The van der Waals surface area contributed by atoms with Gasteiger partial charge < -0.3 is 37.9 Å². The van der Waals surface area contributed by atoms with Crippen LogP contribution in [-0.2, 0) is 42.3 Å². The number of hydrogen-bond donors (Lipinski definition) is 1. The Morgan fingerprint density at radius 3 is 2.34 bits per heavy atom. The van der Waals surface area contributed by atoms with Crippen LogP contribution >= 0.6 is 11.8 Å². The first kappa shape index (κ1) is 44.7. The van der Waals surface area contributed by atoms with Crippen molar-refractivity contribution in [2.75, 3.05) is 47.0 Å². The molecule has 3 aromatic carbocycles. The summed E-state index contributed by atoms with van der Waals surface area (Å²) in [7, 11) is 5.04. The molecule has 65 heavy (non-hydrogen) atoms. The molecule has 2 fully saturated rings. The highest BCUT2D eigenvalue weighted by Crippen LogP contribution is 2.65. The van der Waals surface area contributed by atoms with Crippen molar-refractivity contribution in [2.24, 2.45) is 0 Å². The van der Waals surface area contributed by atoms with Crippen molar-refractivity contribution in [1.29, 1.82) is 5.26 Å². The summed E-state index contributed by atoms with van der Waals surface area (Å²) >= 11 is 1.47. The molecule has 7 heterocycles. The highest BCUT2D eigenvalue weighted by atomic mass is 32.2. The quantitative estimate of drug-likeness (QED) is 0.195. The first-order valence-electron chi connectivity index (χ1n) is 22.2. The molecule has 16 nitrogen and oxygen atoms in total. The van der Waals surface area contributed by atoms with Crippen molar-refractivity contribution in [3.63, 3.8) is 0 Å². The molecule has 0 amide bonds. The van der Waals surface area contributed by atoms with Gasteiger partial charge in [0.1, 0.15) is 18.4 Å². The van der Waals surface area contributed by atoms with Crippen LogP contribution in [0.1, 0.15) is 108 Å². The lowest BCUT2D eigenvalue weighted by atomic mass is 9.71. The highest BCUT2D eigenvalue weighted by molar-refractivity contribution is 7.99. The number of rotatable bonds is 9. The molecule has 0 radical (unpaired) electrons. The first-order valence-corrected chi connectivity index (χ1v) is 23.3. The third-order valence-corrected chi connectivity index (χ3v) is 15.2. The number of piperazine rings is 1. The maximum absolute atomic E-state index is 15.1. The van der Waals surface area contributed by atoms with Gasteiger partial charge in [0.15, 0.2) is 40.0 Å². The lowest BCUT2D eigenvalue weighted by Gasteiger charge is -2.62. The number of fused-ring (bicyclic) bond motifs is 9. The molecule has 7 atom stereocenters. The topological polar surface area (TPSA) is 184 Å². The number of aryl methyl sites for hydroxylation is 1. The number of nitriles is 1. The smallest absolute Gasteiger partial charge is 0.331 e.